The van der Waals surface area contributed by atoms with E-state index in [1.165, 1.54) is 11.8 Å². The summed E-state index contributed by atoms with van der Waals surface area (Å²) < 4.78 is 0. The van der Waals surface area contributed by atoms with Crippen molar-refractivity contribution in [3.63, 3.8) is 0 Å². The maximum Gasteiger partial charge on any atom is 0.327 e. The molecule has 1 aromatic rings. The van der Waals surface area contributed by atoms with Gasteiger partial charge in [0, 0.05) is 18.4 Å². The molecule has 18 heavy (non-hydrogen) atoms. The van der Waals surface area contributed by atoms with Crippen LogP contribution in [-0.2, 0) is 9.59 Å². The van der Waals surface area contributed by atoms with Crippen LogP contribution in [0.2, 0.25) is 0 Å². The Morgan fingerprint density at radius 1 is 1.28 bits per heavy atom. The molecule has 1 aliphatic heterocycles. The van der Waals surface area contributed by atoms with Crippen molar-refractivity contribution in [3.05, 3.63) is 35.9 Å². The molecule has 96 valence electrons. The number of aliphatic carboxylic acids is 1. The summed E-state index contributed by atoms with van der Waals surface area (Å²) in [7, 11) is 0. The topological polar surface area (TPSA) is 57.6 Å². The fraction of sp³-hybridized carbons (Fsp3) is 0.385. The SMILES string of the molecule is CC(=O)N1[C@@H](c2ccccc2)CSC[C@H]1C(=O)O. The number of carbonyl (C=O) groups excluding carboxylic acids is 1. The van der Waals surface area contributed by atoms with Crippen molar-refractivity contribution in [3.8, 4) is 0 Å². The van der Waals surface area contributed by atoms with Gasteiger partial charge in [-0.25, -0.2) is 4.79 Å². The monoisotopic (exact) mass is 265 g/mol. The smallest absolute Gasteiger partial charge is 0.327 e. The average molecular weight is 265 g/mol. The molecule has 0 aromatic heterocycles. The number of amides is 1. The molecule has 1 aromatic carbocycles. The maximum absolute atomic E-state index is 11.8. The van der Waals surface area contributed by atoms with E-state index in [0.29, 0.717) is 5.75 Å². The number of nitrogens with zero attached hydrogens (tertiary/aromatic N) is 1. The average Bonchev–Trinajstić information content (AvgIpc) is 2.38. The van der Waals surface area contributed by atoms with E-state index in [4.69, 9.17) is 0 Å². The molecule has 1 N–H and O–H groups in total. The van der Waals surface area contributed by atoms with Crippen molar-refractivity contribution >= 4 is 23.6 Å². The molecule has 1 saturated heterocycles. The standard InChI is InChI=1S/C13H15NO3S/c1-9(15)14-11(10-5-3-2-4-6-10)7-18-8-12(14)13(16)17/h2-6,11-12H,7-8H2,1H3,(H,16,17)/t11-,12+/m1/s1. The van der Waals surface area contributed by atoms with Gasteiger partial charge < -0.3 is 10.0 Å². The van der Waals surface area contributed by atoms with Gasteiger partial charge in [0.15, 0.2) is 0 Å². The molecule has 5 heteroatoms. The van der Waals surface area contributed by atoms with Gasteiger partial charge in [-0.15, -0.1) is 0 Å². The van der Waals surface area contributed by atoms with Crippen LogP contribution in [-0.4, -0.2) is 39.4 Å². The lowest BCUT2D eigenvalue weighted by molar-refractivity contribution is -0.150. The van der Waals surface area contributed by atoms with E-state index in [2.05, 4.69) is 0 Å². The minimum atomic E-state index is -0.932. The second-order valence-electron chi connectivity index (χ2n) is 4.24. The van der Waals surface area contributed by atoms with Crippen LogP contribution in [0.5, 0.6) is 0 Å². The van der Waals surface area contributed by atoms with Crippen LogP contribution in [0.1, 0.15) is 18.5 Å². The van der Waals surface area contributed by atoms with Gasteiger partial charge >= 0.3 is 5.97 Å². The van der Waals surface area contributed by atoms with Gasteiger partial charge in [0.2, 0.25) is 5.91 Å². The Bertz CT molecular complexity index is 449. The van der Waals surface area contributed by atoms with Crippen molar-refractivity contribution in [2.75, 3.05) is 11.5 Å². The van der Waals surface area contributed by atoms with Crippen molar-refractivity contribution < 1.29 is 14.7 Å². The summed E-state index contributed by atoms with van der Waals surface area (Å²) in [5.41, 5.74) is 0.992. The minimum Gasteiger partial charge on any atom is -0.480 e. The first-order valence-electron chi connectivity index (χ1n) is 5.75. The highest BCUT2D eigenvalue weighted by Crippen LogP contribution is 2.33. The quantitative estimate of drug-likeness (QED) is 0.885. The van der Waals surface area contributed by atoms with Gasteiger partial charge in [0.05, 0.1) is 6.04 Å². The number of carboxylic acids is 1. The normalized spacial score (nSPS) is 23.7. The van der Waals surface area contributed by atoms with Crippen LogP contribution in [0.15, 0.2) is 30.3 Å². The highest BCUT2D eigenvalue weighted by molar-refractivity contribution is 7.99. The van der Waals surface area contributed by atoms with Crippen molar-refractivity contribution in [1.29, 1.82) is 0 Å². The third-order valence-corrected chi connectivity index (χ3v) is 4.16. The first kappa shape index (κ1) is 13.0. The number of rotatable bonds is 2. The summed E-state index contributed by atoms with van der Waals surface area (Å²) in [6, 6.07) is 8.71. The van der Waals surface area contributed by atoms with Crippen LogP contribution in [0.3, 0.4) is 0 Å². The summed E-state index contributed by atoms with van der Waals surface area (Å²) in [4.78, 5) is 24.5. The summed E-state index contributed by atoms with van der Waals surface area (Å²) in [5, 5.41) is 9.22. The van der Waals surface area contributed by atoms with Gasteiger partial charge in [0.25, 0.3) is 0 Å². The molecule has 2 atom stereocenters. The Morgan fingerprint density at radius 3 is 2.50 bits per heavy atom. The fourth-order valence-electron chi connectivity index (χ4n) is 2.23. The van der Waals surface area contributed by atoms with Crippen molar-refractivity contribution in [1.82, 2.24) is 4.90 Å². The van der Waals surface area contributed by atoms with E-state index >= 15 is 0 Å². The zero-order chi connectivity index (χ0) is 13.1. The van der Waals surface area contributed by atoms with Gasteiger partial charge in [0.1, 0.15) is 6.04 Å². The van der Waals surface area contributed by atoms with Crippen molar-refractivity contribution in [2.45, 2.75) is 19.0 Å². The molecule has 0 radical (unpaired) electrons. The second kappa shape index (κ2) is 5.44. The molecule has 0 unspecified atom stereocenters. The summed E-state index contributed by atoms with van der Waals surface area (Å²) in [6.45, 7) is 1.43. The lowest BCUT2D eigenvalue weighted by atomic mass is 10.0. The van der Waals surface area contributed by atoms with Crippen LogP contribution in [0.4, 0.5) is 0 Å². The molecule has 1 amide bonds. The molecular formula is C13H15NO3S. The number of thioether (sulfide) groups is 1. The first-order valence-corrected chi connectivity index (χ1v) is 6.91. The third kappa shape index (κ3) is 2.51. The van der Waals surface area contributed by atoms with Crippen LogP contribution < -0.4 is 0 Å². The molecule has 1 fully saturated rings. The lowest BCUT2D eigenvalue weighted by Crippen LogP contribution is -2.51. The highest BCUT2D eigenvalue weighted by atomic mass is 32.2. The highest BCUT2D eigenvalue weighted by Gasteiger charge is 2.37. The maximum atomic E-state index is 11.8. The number of benzene rings is 1. The first-order chi connectivity index (χ1) is 8.61. The van der Waals surface area contributed by atoms with E-state index in [1.807, 2.05) is 30.3 Å². The molecule has 0 aliphatic carbocycles. The van der Waals surface area contributed by atoms with Gasteiger partial charge in [-0.1, -0.05) is 30.3 Å². The van der Waals surface area contributed by atoms with E-state index in [-0.39, 0.29) is 11.9 Å². The molecule has 1 aliphatic rings. The van der Waals surface area contributed by atoms with Crippen molar-refractivity contribution in [2.24, 2.45) is 0 Å². The summed E-state index contributed by atoms with van der Waals surface area (Å²) in [6.07, 6.45) is 0. The van der Waals surface area contributed by atoms with Gasteiger partial charge in [-0.3, -0.25) is 4.79 Å². The van der Waals surface area contributed by atoms with E-state index in [0.717, 1.165) is 11.3 Å². The molecule has 4 nitrogen and oxygen atoms in total. The number of carbonyl (C=O) groups is 2. The predicted molar refractivity (Wildman–Crippen MR) is 70.5 cm³/mol. The predicted octanol–water partition coefficient (Wildman–Crippen LogP) is 1.78. The zero-order valence-corrected chi connectivity index (χ0v) is 10.9. The van der Waals surface area contributed by atoms with E-state index < -0.39 is 12.0 Å². The Balaban J connectivity index is 2.33. The zero-order valence-electron chi connectivity index (χ0n) is 10.1. The third-order valence-electron chi connectivity index (χ3n) is 3.06. The van der Waals surface area contributed by atoms with Crippen LogP contribution in [0, 0.1) is 0 Å². The largest absolute Gasteiger partial charge is 0.480 e. The van der Waals surface area contributed by atoms with E-state index in [9.17, 15) is 14.7 Å². The Labute approximate surface area is 110 Å². The summed E-state index contributed by atoms with van der Waals surface area (Å²) in [5.74, 6) is 0.0842. The Hall–Kier alpha value is -1.49. The molecule has 0 bridgehead atoms. The summed E-state index contributed by atoms with van der Waals surface area (Å²) >= 11 is 1.58. The van der Waals surface area contributed by atoms with Crippen LogP contribution in [0.25, 0.3) is 0 Å². The van der Waals surface area contributed by atoms with Crippen LogP contribution >= 0.6 is 11.8 Å². The Morgan fingerprint density at radius 2 is 1.94 bits per heavy atom. The molecule has 2 rings (SSSR count). The molecule has 0 spiro atoms. The second-order valence-corrected chi connectivity index (χ2v) is 5.32. The Kier molecular flexibility index (Phi) is 3.91. The molecule has 1 heterocycles. The number of hydrogen-bond donors (Lipinski definition) is 1. The van der Waals surface area contributed by atoms with E-state index in [1.54, 1.807) is 11.8 Å². The lowest BCUT2D eigenvalue weighted by Gasteiger charge is -2.39. The number of carboxylic acid groups (broad SMARTS) is 1. The fourth-order valence-corrected chi connectivity index (χ4v) is 3.47. The number of hydrogen-bond acceptors (Lipinski definition) is 3. The minimum absolute atomic E-state index is 0.149. The van der Waals surface area contributed by atoms with Gasteiger partial charge in [-0.2, -0.15) is 11.8 Å². The van der Waals surface area contributed by atoms with Gasteiger partial charge in [-0.05, 0) is 5.56 Å². The molecular weight excluding hydrogens is 250 g/mol. The molecule has 0 saturated carbocycles.